The lowest BCUT2D eigenvalue weighted by Crippen LogP contribution is -2.40. The minimum atomic E-state index is -1.54. The molecule has 0 heterocycles. The first-order valence-electron chi connectivity index (χ1n) is 26.0. The summed E-state index contributed by atoms with van der Waals surface area (Å²) < 4.78 is 22.7. The number of hydrogen-bond donors (Lipinski definition) is 1. The van der Waals surface area contributed by atoms with Crippen molar-refractivity contribution in [2.75, 3.05) is 47.5 Å². The van der Waals surface area contributed by atoms with E-state index in [0.717, 1.165) is 116 Å². The Hall–Kier alpha value is -4.83. The molecule has 0 saturated carbocycles. The third kappa shape index (κ3) is 50.9. The molecule has 386 valence electrons. The molecule has 0 saturated heterocycles. The number of likely N-dealkylation sites (N-methyl/N-ethyl adjacent to an activating group) is 1. The van der Waals surface area contributed by atoms with Crippen LogP contribution < -0.4 is 0 Å². The Morgan fingerprint density at radius 3 is 1.13 bits per heavy atom. The maximum Gasteiger partial charge on any atom is 0.361 e. The van der Waals surface area contributed by atoms with Gasteiger partial charge in [-0.1, -0.05) is 173 Å². The van der Waals surface area contributed by atoms with Crippen molar-refractivity contribution in [2.45, 2.75) is 167 Å². The van der Waals surface area contributed by atoms with Crippen LogP contribution in [0.1, 0.15) is 155 Å². The Kier molecular flexibility index (Phi) is 46.1. The van der Waals surface area contributed by atoms with Crippen LogP contribution in [-0.2, 0) is 33.3 Å². The summed E-state index contributed by atoms with van der Waals surface area (Å²) in [6, 6.07) is 0. The Morgan fingerprint density at radius 2 is 0.783 bits per heavy atom. The van der Waals surface area contributed by atoms with Gasteiger partial charge in [0.25, 0.3) is 6.29 Å². The highest BCUT2D eigenvalue weighted by atomic mass is 16.7. The third-order valence-corrected chi connectivity index (χ3v) is 10.1. The van der Waals surface area contributed by atoms with Crippen molar-refractivity contribution in [1.29, 1.82) is 0 Å². The van der Waals surface area contributed by atoms with E-state index in [-0.39, 0.29) is 32.7 Å². The van der Waals surface area contributed by atoms with Gasteiger partial charge in [-0.2, -0.15) is 0 Å². The van der Waals surface area contributed by atoms with Crippen molar-refractivity contribution in [1.82, 2.24) is 0 Å². The second kappa shape index (κ2) is 49.6. The van der Waals surface area contributed by atoms with Crippen molar-refractivity contribution in [3.05, 3.63) is 146 Å². The highest BCUT2D eigenvalue weighted by molar-refractivity contribution is 5.71. The molecule has 2 atom stereocenters. The highest BCUT2D eigenvalue weighted by Gasteiger charge is 2.25. The van der Waals surface area contributed by atoms with Crippen molar-refractivity contribution in [2.24, 2.45) is 0 Å². The molecule has 9 heteroatoms. The lowest BCUT2D eigenvalue weighted by atomic mass is 10.1. The van der Waals surface area contributed by atoms with Crippen molar-refractivity contribution >= 4 is 17.9 Å². The number of aliphatic carboxylic acids is 1. The molecule has 0 spiro atoms. The quantitative estimate of drug-likeness (QED) is 0.0211. The molecule has 0 aliphatic carbocycles. The highest BCUT2D eigenvalue weighted by Crippen LogP contribution is 2.11. The van der Waals surface area contributed by atoms with Crippen molar-refractivity contribution in [3.8, 4) is 0 Å². The van der Waals surface area contributed by atoms with Crippen molar-refractivity contribution in [3.63, 3.8) is 0 Å². The Bertz CT molecular complexity index is 1630. The molecule has 0 rings (SSSR count). The van der Waals surface area contributed by atoms with E-state index in [1.807, 2.05) is 21.1 Å². The van der Waals surface area contributed by atoms with Gasteiger partial charge in [-0.05, 0) is 116 Å². The zero-order valence-corrected chi connectivity index (χ0v) is 43.6. The molecule has 0 aromatic heterocycles. The third-order valence-electron chi connectivity index (χ3n) is 10.1. The molecule has 2 unspecified atom stereocenters. The Morgan fingerprint density at radius 1 is 0.435 bits per heavy atom. The summed E-state index contributed by atoms with van der Waals surface area (Å²) in [6.45, 7) is 4.52. The number of esters is 2. The predicted molar refractivity (Wildman–Crippen MR) is 290 cm³/mol. The number of nitrogens with zero attached hydrogens (tertiary/aromatic N) is 1. The zero-order chi connectivity index (χ0) is 50.6. The number of carbonyl (C=O) groups is 3. The molecular weight excluding hydrogens is 863 g/mol. The molecular formula is C60H94NO8+. The van der Waals surface area contributed by atoms with E-state index >= 15 is 0 Å². The number of carbonyl (C=O) groups excluding carboxylic acids is 2. The van der Waals surface area contributed by atoms with E-state index in [0.29, 0.717) is 23.9 Å². The van der Waals surface area contributed by atoms with Crippen LogP contribution in [0, 0.1) is 0 Å². The largest absolute Gasteiger partial charge is 0.477 e. The number of quaternary nitrogens is 1. The minimum absolute atomic E-state index is 0.167. The maximum absolute atomic E-state index is 12.8. The predicted octanol–water partition coefficient (Wildman–Crippen LogP) is 14.9. The number of carboxylic acid groups (broad SMARTS) is 1. The summed E-state index contributed by atoms with van der Waals surface area (Å²) in [6.07, 6.45) is 69.3. The summed E-state index contributed by atoms with van der Waals surface area (Å²) >= 11 is 0. The summed E-state index contributed by atoms with van der Waals surface area (Å²) in [5.41, 5.74) is 0. The van der Waals surface area contributed by atoms with E-state index in [2.05, 4.69) is 160 Å². The summed E-state index contributed by atoms with van der Waals surface area (Å²) in [5.74, 6) is -2.12. The van der Waals surface area contributed by atoms with E-state index < -0.39 is 30.3 Å². The fraction of sp³-hybridized carbons (Fsp3) is 0.550. The summed E-state index contributed by atoms with van der Waals surface area (Å²) in [5, 5.41) is 9.66. The van der Waals surface area contributed by atoms with Gasteiger partial charge in [-0.3, -0.25) is 9.59 Å². The maximum atomic E-state index is 12.8. The van der Waals surface area contributed by atoms with Gasteiger partial charge in [-0.15, -0.1) is 0 Å². The average molecular weight is 957 g/mol. The molecule has 0 amide bonds. The molecule has 0 fully saturated rings. The Labute approximate surface area is 420 Å². The van der Waals surface area contributed by atoms with Gasteiger partial charge in [-0.25, -0.2) is 4.79 Å². The molecule has 0 aliphatic heterocycles. The standard InChI is InChI=1S/C60H93NO8/c1-6-8-10-12-14-16-18-20-21-22-23-24-25-26-27-28-29-30-31-32-33-34-35-36-37-39-41-43-45-47-49-51-58(63)69-56(55-68-60(59(64)65)66-53-52-61(3,4)5)54-67-57(62)50-48-46-44-42-40-38-19-17-15-13-11-9-7-2/h8-11,14-17,20-21,23-24,26-27,29-30,32-33,35-36,38-41,56,60H,6-7,12-13,18-19,22,25,28,31,34,37,42-55H2,1-5H3/p+1/b10-8-,11-9-,16-14-,17-15-,21-20-,24-23-,27-26-,30-29-,33-32-,36-35-,40-38-,41-39-. The minimum Gasteiger partial charge on any atom is -0.477 e. The fourth-order valence-corrected chi connectivity index (χ4v) is 6.13. The molecule has 0 aromatic carbocycles. The SMILES string of the molecule is CC/C=C\C/C=C\C/C=C\C/C=C\C/C=C\C/C=C\C/C=C\C/C=C\C/C=C\CCCCCC(=O)OC(COC(=O)CCCCC/C=C\C/C=C\C/C=C\CC)COC(OCC[N+](C)(C)C)C(=O)O. The second-order valence-corrected chi connectivity index (χ2v) is 17.7. The first-order valence-corrected chi connectivity index (χ1v) is 26.0. The normalized spacial score (nSPS) is 14.0. The average Bonchev–Trinajstić information content (AvgIpc) is 3.31. The van der Waals surface area contributed by atoms with Crippen LogP contribution >= 0.6 is 0 Å². The van der Waals surface area contributed by atoms with Crippen LogP contribution in [0.4, 0.5) is 0 Å². The lowest BCUT2D eigenvalue weighted by molar-refractivity contribution is -0.870. The zero-order valence-electron chi connectivity index (χ0n) is 43.6. The van der Waals surface area contributed by atoms with Gasteiger partial charge >= 0.3 is 17.9 Å². The first-order chi connectivity index (χ1) is 33.6. The fourth-order valence-electron chi connectivity index (χ4n) is 6.13. The molecule has 0 radical (unpaired) electrons. The molecule has 0 bridgehead atoms. The van der Waals surface area contributed by atoms with E-state index in [4.69, 9.17) is 18.9 Å². The van der Waals surface area contributed by atoms with Gasteiger partial charge in [0.2, 0.25) is 0 Å². The van der Waals surface area contributed by atoms with Crippen LogP contribution in [-0.4, -0.2) is 87.4 Å². The summed E-state index contributed by atoms with van der Waals surface area (Å²) in [4.78, 5) is 37.2. The lowest BCUT2D eigenvalue weighted by Gasteiger charge is -2.25. The van der Waals surface area contributed by atoms with Gasteiger partial charge in [0.05, 0.1) is 34.4 Å². The van der Waals surface area contributed by atoms with Crippen LogP contribution in [0.2, 0.25) is 0 Å². The van der Waals surface area contributed by atoms with E-state index in [9.17, 15) is 19.5 Å². The van der Waals surface area contributed by atoms with Gasteiger partial charge in [0.15, 0.2) is 6.10 Å². The number of ether oxygens (including phenoxy) is 4. The molecule has 1 N–H and O–H groups in total. The van der Waals surface area contributed by atoms with Crippen LogP contribution in [0.3, 0.4) is 0 Å². The van der Waals surface area contributed by atoms with Gasteiger partial charge in [0, 0.05) is 12.8 Å². The molecule has 0 aliphatic rings. The van der Waals surface area contributed by atoms with Gasteiger partial charge in [0.1, 0.15) is 13.2 Å². The second-order valence-electron chi connectivity index (χ2n) is 17.7. The first kappa shape index (κ1) is 64.2. The summed E-state index contributed by atoms with van der Waals surface area (Å²) in [7, 11) is 5.92. The smallest absolute Gasteiger partial charge is 0.361 e. The Balaban J connectivity index is 4.41. The number of rotatable bonds is 45. The molecule has 9 nitrogen and oxygen atoms in total. The van der Waals surface area contributed by atoms with Crippen LogP contribution in [0.15, 0.2) is 146 Å². The number of allylic oxidation sites excluding steroid dienone is 24. The molecule has 69 heavy (non-hydrogen) atoms. The van der Waals surface area contributed by atoms with Crippen molar-refractivity contribution < 1.29 is 42.9 Å². The monoisotopic (exact) mass is 957 g/mol. The molecule has 0 aromatic rings. The topological polar surface area (TPSA) is 108 Å². The number of unbranched alkanes of at least 4 members (excludes halogenated alkanes) is 6. The van der Waals surface area contributed by atoms with Gasteiger partial charge < -0.3 is 28.5 Å². The van der Waals surface area contributed by atoms with E-state index in [1.165, 1.54) is 0 Å². The number of hydrogen-bond acceptors (Lipinski definition) is 7. The number of carboxylic acids is 1. The van der Waals surface area contributed by atoms with Crippen LogP contribution in [0.25, 0.3) is 0 Å². The van der Waals surface area contributed by atoms with E-state index in [1.54, 1.807) is 0 Å². The van der Waals surface area contributed by atoms with Crippen LogP contribution in [0.5, 0.6) is 0 Å².